The summed E-state index contributed by atoms with van der Waals surface area (Å²) in [6.45, 7) is 10.9. The molecule has 1 saturated carbocycles. The maximum Gasteiger partial charge on any atom is 0.00191 e. The van der Waals surface area contributed by atoms with Crippen molar-refractivity contribution >= 4 is 0 Å². The molecule has 1 unspecified atom stereocenters. The zero-order valence-corrected chi connectivity index (χ0v) is 11.8. The van der Waals surface area contributed by atoms with Crippen LogP contribution in [0.3, 0.4) is 0 Å². The second-order valence-electron chi connectivity index (χ2n) is 6.42. The first-order valence-electron chi connectivity index (χ1n) is 7.67. The van der Waals surface area contributed by atoms with E-state index < -0.39 is 0 Å². The standard InChI is InChI=1S/C15H30N2/c1-3-16-12-14(2)13-17-10-8-15(9-11-17)6-4-5-7-15/h14,16H,3-13H2,1-2H3. The van der Waals surface area contributed by atoms with Gasteiger partial charge in [-0.05, 0) is 63.2 Å². The summed E-state index contributed by atoms with van der Waals surface area (Å²) in [5.74, 6) is 0.799. The van der Waals surface area contributed by atoms with Gasteiger partial charge in [0.25, 0.3) is 0 Å². The van der Waals surface area contributed by atoms with Gasteiger partial charge in [0, 0.05) is 6.54 Å². The maximum absolute atomic E-state index is 3.46. The van der Waals surface area contributed by atoms with E-state index in [1.54, 1.807) is 0 Å². The summed E-state index contributed by atoms with van der Waals surface area (Å²) in [5, 5.41) is 3.46. The molecule has 17 heavy (non-hydrogen) atoms. The molecule has 0 aromatic carbocycles. The van der Waals surface area contributed by atoms with E-state index >= 15 is 0 Å². The van der Waals surface area contributed by atoms with Gasteiger partial charge >= 0.3 is 0 Å². The third kappa shape index (κ3) is 3.69. The van der Waals surface area contributed by atoms with E-state index in [1.165, 1.54) is 64.7 Å². The van der Waals surface area contributed by atoms with E-state index in [0.717, 1.165) is 17.9 Å². The Kier molecular flexibility index (Phi) is 4.87. The zero-order chi connectivity index (χ0) is 12.1. The van der Waals surface area contributed by atoms with Crippen LogP contribution >= 0.6 is 0 Å². The van der Waals surface area contributed by atoms with Crippen LogP contribution in [-0.2, 0) is 0 Å². The van der Waals surface area contributed by atoms with Gasteiger partial charge in [-0.25, -0.2) is 0 Å². The molecule has 1 aliphatic carbocycles. The molecule has 1 saturated heterocycles. The number of piperidine rings is 1. The Morgan fingerprint density at radius 3 is 2.35 bits per heavy atom. The Bertz CT molecular complexity index is 211. The van der Waals surface area contributed by atoms with Gasteiger partial charge in [0.1, 0.15) is 0 Å². The van der Waals surface area contributed by atoms with Crippen LogP contribution in [-0.4, -0.2) is 37.6 Å². The Morgan fingerprint density at radius 2 is 1.76 bits per heavy atom. The molecule has 2 nitrogen and oxygen atoms in total. The van der Waals surface area contributed by atoms with E-state index in [9.17, 15) is 0 Å². The number of hydrogen-bond donors (Lipinski definition) is 1. The molecule has 1 heterocycles. The fourth-order valence-electron chi connectivity index (χ4n) is 3.73. The van der Waals surface area contributed by atoms with Crippen molar-refractivity contribution in [3.8, 4) is 0 Å². The summed E-state index contributed by atoms with van der Waals surface area (Å²) in [6, 6.07) is 0. The summed E-state index contributed by atoms with van der Waals surface area (Å²) in [5.41, 5.74) is 0.779. The van der Waals surface area contributed by atoms with Gasteiger partial charge in [0.2, 0.25) is 0 Å². The Balaban J connectivity index is 1.68. The molecule has 2 rings (SSSR count). The minimum Gasteiger partial charge on any atom is -0.317 e. The Hall–Kier alpha value is -0.0800. The monoisotopic (exact) mass is 238 g/mol. The third-order valence-corrected chi connectivity index (χ3v) is 4.89. The normalized spacial score (nSPS) is 26.5. The second kappa shape index (κ2) is 6.19. The van der Waals surface area contributed by atoms with Crippen molar-refractivity contribution in [2.75, 3.05) is 32.7 Å². The largest absolute Gasteiger partial charge is 0.317 e. The van der Waals surface area contributed by atoms with Crippen LogP contribution in [0.25, 0.3) is 0 Å². The van der Waals surface area contributed by atoms with E-state index in [4.69, 9.17) is 0 Å². The van der Waals surface area contributed by atoms with Gasteiger partial charge in [-0.2, -0.15) is 0 Å². The van der Waals surface area contributed by atoms with Crippen molar-refractivity contribution in [2.45, 2.75) is 52.4 Å². The van der Waals surface area contributed by atoms with Crippen LogP contribution in [0.1, 0.15) is 52.4 Å². The van der Waals surface area contributed by atoms with Gasteiger partial charge in [-0.1, -0.05) is 26.7 Å². The summed E-state index contributed by atoms with van der Waals surface area (Å²) in [6.07, 6.45) is 8.98. The average molecular weight is 238 g/mol. The zero-order valence-electron chi connectivity index (χ0n) is 11.8. The second-order valence-corrected chi connectivity index (χ2v) is 6.42. The van der Waals surface area contributed by atoms with Crippen LogP contribution in [0.5, 0.6) is 0 Å². The third-order valence-electron chi connectivity index (χ3n) is 4.89. The number of nitrogens with zero attached hydrogens (tertiary/aromatic N) is 1. The Morgan fingerprint density at radius 1 is 1.12 bits per heavy atom. The quantitative estimate of drug-likeness (QED) is 0.792. The van der Waals surface area contributed by atoms with Crippen molar-refractivity contribution in [1.82, 2.24) is 10.2 Å². The lowest BCUT2D eigenvalue weighted by Crippen LogP contribution is -2.42. The first kappa shape index (κ1) is 13.4. The smallest absolute Gasteiger partial charge is 0.00191 e. The SMILES string of the molecule is CCNCC(C)CN1CCC2(CCCC2)CC1. The molecule has 2 fully saturated rings. The van der Waals surface area contributed by atoms with Crippen LogP contribution in [0.2, 0.25) is 0 Å². The van der Waals surface area contributed by atoms with E-state index in [-0.39, 0.29) is 0 Å². The van der Waals surface area contributed by atoms with Gasteiger partial charge in [-0.15, -0.1) is 0 Å². The highest BCUT2D eigenvalue weighted by atomic mass is 15.1. The summed E-state index contributed by atoms with van der Waals surface area (Å²) in [7, 11) is 0. The lowest BCUT2D eigenvalue weighted by molar-refractivity contribution is 0.0977. The molecule has 100 valence electrons. The fourth-order valence-corrected chi connectivity index (χ4v) is 3.73. The van der Waals surface area contributed by atoms with E-state index in [1.807, 2.05) is 0 Å². The molecule has 0 amide bonds. The molecule has 2 aliphatic rings. The molecule has 2 heteroatoms. The molecule has 0 bridgehead atoms. The van der Waals surface area contributed by atoms with Gasteiger partial charge in [0.15, 0.2) is 0 Å². The summed E-state index contributed by atoms with van der Waals surface area (Å²) in [4.78, 5) is 2.70. The van der Waals surface area contributed by atoms with Gasteiger partial charge in [-0.3, -0.25) is 0 Å². The van der Waals surface area contributed by atoms with Crippen molar-refractivity contribution in [3.05, 3.63) is 0 Å². The average Bonchev–Trinajstić information content (AvgIpc) is 2.79. The summed E-state index contributed by atoms with van der Waals surface area (Å²) >= 11 is 0. The lowest BCUT2D eigenvalue weighted by atomic mass is 9.77. The molecule has 1 N–H and O–H groups in total. The lowest BCUT2D eigenvalue weighted by Gasteiger charge is -2.40. The topological polar surface area (TPSA) is 15.3 Å². The maximum atomic E-state index is 3.46. The van der Waals surface area contributed by atoms with E-state index in [0.29, 0.717) is 0 Å². The molecular weight excluding hydrogens is 208 g/mol. The first-order chi connectivity index (χ1) is 8.24. The van der Waals surface area contributed by atoms with Crippen molar-refractivity contribution < 1.29 is 0 Å². The highest BCUT2D eigenvalue weighted by Crippen LogP contribution is 2.46. The predicted octanol–water partition coefficient (Wildman–Crippen LogP) is 2.89. The molecular formula is C15H30N2. The minimum absolute atomic E-state index is 0.779. The molecule has 0 aromatic rings. The minimum atomic E-state index is 0.779. The van der Waals surface area contributed by atoms with Crippen LogP contribution < -0.4 is 5.32 Å². The number of rotatable bonds is 5. The molecule has 1 atom stereocenters. The van der Waals surface area contributed by atoms with Crippen molar-refractivity contribution in [2.24, 2.45) is 11.3 Å². The van der Waals surface area contributed by atoms with Gasteiger partial charge in [0.05, 0.1) is 0 Å². The fraction of sp³-hybridized carbons (Fsp3) is 1.00. The number of nitrogens with one attached hydrogen (secondary N) is 1. The van der Waals surface area contributed by atoms with Crippen LogP contribution in [0.15, 0.2) is 0 Å². The number of likely N-dealkylation sites (tertiary alicyclic amines) is 1. The molecule has 1 spiro atoms. The first-order valence-corrected chi connectivity index (χ1v) is 7.67. The van der Waals surface area contributed by atoms with Crippen molar-refractivity contribution in [3.63, 3.8) is 0 Å². The molecule has 0 aromatic heterocycles. The Labute approximate surface area is 107 Å². The molecule has 1 aliphatic heterocycles. The summed E-state index contributed by atoms with van der Waals surface area (Å²) < 4.78 is 0. The highest BCUT2D eigenvalue weighted by Gasteiger charge is 2.36. The van der Waals surface area contributed by atoms with Crippen LogP contribution in [0.4, 0.5) is 0 Å². The van der Waals surface area contributed by atoms with Crippen LogP contribution in [0, 0.1) is 11.3 Å². The van der Waals surface area contributed by atoms with Gasteiger partial charge < -0.3 is 10.2 Å². The highest BCUT2D eigenvalue weighted by molar-refractivity contribution is 4.89. The molecule has 0 radical (unpaired) electrons. The number of hydrogen-bond acceptors (Lipinski definition) is 2. The van der Waals surface area contributed by atoms with Crippen molar-refractivity contribution in [1.29, 1.82) is 0 Å². The predicted molar refractivity (Wildman–Crippen MR) is 74.3 cm³/mol. The van der Waals surface area contributed by atoms with E-state index in [2.05, 4.69) is 24.1 Å².